The van der Waals surface area contributed by atoms with Gasteiger partial charge in [-0.05, 0) is 36.8 Å². The molecule has 0 radical (unpaired) electrons. The standard InChI is InChI=1S/C18H13ClN6O/c1-10-4-15-17(22-6-10)25-16(24-15)13-5-12(2-3-14(13)19)23-18(26)11-7-20-9-21-8-11/h2-9H,1H3,(H,23,26)(H,22,24,25). The number of aryl methyl sites for hydroxylation is 1. The Morgan fingerprint density at radius 2 is 1.96 bits per heavy atom. The summed E-state index contributed by atoms with van der Waals surface area (Å²) in [5.41, 5.74) is 4.09. The number of nitrogens with one attached hydrogen (secondary N) is 2. The maximum Gasteiger partial charge on any atom is 0.258 e. The van der Waals surface area contributed by atoms with E-state index in [-0.39, 0.29) is 5.91 Å². The molecular formula is C18H13ClN6O. The molecular weight excluding hydrogens is 352 g/mol. The van der Waals surface area contributed by atoms with Gasteiger partial charge in [0.2, 0.25) is 0 Å². The number of imidazole rings is 1. The van der Waals surface area contributed by atoms with Crippen LogP contribution < -0.4 is 5.32 Å². The summed E-state index contributed by atoms with van der Waals surface area (Å²) in [6.45, 7) is 1.96. The molecule has 0 aliphatic carbocycles. The molecule has 0 bridgehead atoms. The highest BCUT2D eigenvalue weighted by atomic mass is 35.5. The highest BCUT2D eigenvalue weighted by Crippen LogP contribution is 2.30. The summed E-state index contributed by atoms with van der Waals surface area (Å²) < 4.78 is 0. The summed E-state index contributed by atoms with van der Waals surface area (Å²) in [7, 11) is 0. The minimum Gasteiger partial charge on any atom is -0.337 e. The molecule has 3 heterocycles. The van der Waals surface area contributed by atoms with Crippen LogP contribution in [0, 0.1) is 6.92 Å². The third-order valence-electron chi connectivity index (χ3n) is 3.78. The van der Waals surface area contributed by atoms with E-state index >= 15 is 0 Å². The van der Waals surface area contributed by atoms with E-state index in [1.165, 1.54) is 18.7 Å². The van der Waals surface area contributed by atoms with Crippen LogP contribution in [0.3, 0.4) is 0 Å². The van der Waals surface area contributed by atoms with Crippen molar-refractivity contribution in [2.75, 3.05) is 5.32 Å². The molecule has 0 aliphatic rings. The zero-order valence-electron chi connectivity index (χ0n) is 13.7. The molecule has 0 fully saturated rings. The van der Waals surface area contributed by atoms with Crippen LogP contribution >= 0.6 is 11.6 Å². The molecule has 2 N–H and O–H groups in total. The number of aromatic amines is 1. The molecule has 0 spiro atoms. The van der Waals surface area contributed by atoms with Gasteiger partial charge < -0.3 is 10.3 Å². The molecule has 1 amide bonds. The van der Waals surface area contributed by atoms with E-state index in [1.54, 1.807) is 24.4 Å². The summed E-state index contributed by atoms with van der Waals surface area (Å²) in [6, 6.07) is 7.15. The zero-order valence-corrected chi connectivity index (χ0v) is 14.4. The summed E-state index contributed by atoms with van der Waals surface area (Å²) in [5, 5.41) is 3.32. The van der Waals surface area contributed by atoms with Crippen molar-refractivity contribution in [3.8, 4) is 11.4 Å². The predicted molar refractivity (Wildman–Crippen MR) is 99.1 cm³/mol. The van der Waals surface area contributed by atoms with Gasteiger partial charge in [0.05, 0.1) is 16.1 Å². The number of benzene rings is 1. The Bertz CT molecular complexity index is 1110. The number of hydrogen-bond donors (Lipinski definition) is 2. The maximum absolute atomic E-state index is 12.3. The first-order valence-electron chi connectivity index (χ1n) is 7.79. The van der Waals surface area contributed by atoms with Crippen LogP contribution in [0.5, 0.6) is 0 Å². The fourth-order valence-corrected chi connectivity index (χ4v) is 2.74. The van der Waals surface area contributed by atoms with Crippen LogP contribution in [-0.2, 0) is 0 Å². The van der Waals surface area contributed by atoms with Crippen LogP contribution in [0.2, 0.25) is 5.02 Å². The minimum absolute atomic E-state index is 0.305. The van der Waals surface area contributed by atoms with Gasteiger partial charge in [-0.1, -0.05) is 11.6 Å². The lowest BCUT2D eigenvalue weighted by atomic mass is 10.2. The molecule has 1 aromatic carbocycles. The predicted octanol–water partition coefficient (Wildman–Crippen LogP) is 3.63. The van der Waals surface area contributed by atoms with Crippen molar-refractivity contribution in [2.24, 2.45) is 0 Å². The van der Waals surface area contributed by atoms with Gasteiger partial charge in [-0.25, -0.2) is 19.9 Å². The van der Waals surface area contributed by atoms with Crippen molar-refractivity contribution >= 4 is 34.4 Å². The molecule has 4 rings (SSSR count). The Balaban J connectivity index is 1.68. The first-order valence-corrected chi connectivity index (χ1v) is 8.16. The van der Waals surface area contributed by atoms with Crippen LogP contribution in [0.1, 0.15) is 15.9 Å². The highest BCUT2D eigenvalue weighted by molar-refractivity contribution is 6.33. The van der Waals surface area contributed by atoms with E-state index in [1.807, 2.05) is 13.0 Å². The largest absolute Gasteiger partial charge is 0.337 e. The summed E-state index contributed by atoms with van der Waals surface area (Å²) in [6.07, 6.45) is 6.03. The smallest absolute Gasteiger partial charge is 0.258 e. The lowest BCUT2D eigenvalue weighted by molar-refractivity contribution is 0.102. The van der Waals surface area contributed by atoms with E-state index in [2.05, 4.69) is 30.2 Å². The van der Waals surface area contributed by atoms with Crippen LogP contribution in [0.25, 0.3) is 22.6 Å². The van der Waals surface area contributed by atoms with Gasteiger partial charge in [-0.2, -0.15) is 0 Å². The lowest BCUT2D eigenvalue weighted by Gasteiger charge is -2.07. The number of anilines is 1. The van der Waals surface area contributed by atoms with Gasteiger partial charge in [0.15, 0.2) is 5.65 Å². The fraction of sp³-hybridized carbons (Fsp3) is 0.0556. The summed E-state index contributed by atoms with van der Waals surface area (Å²) in [4.78, 5) is 31.9. The second-order valence-corrected chi connectivity index (χ2v) is 6.15. The number of amides is 1. The third kappa shape index (κ3) is 3.12. The van der Waals surface area contributed by atoms with E-state index < -0.39 is 0 Å². The molecule has 8 heteroatoms. The molecule has 26 heavy (non-hydrogen) atoms. The fourth-order valence-electron chi connectivity index (χ4n) is 2.54. The number of aromatic nitrogens is 5. The van der Waals surface area contributed by atoms with Crippen molar-refractivity contribution in [1.82, 2.24) is 24.9 Å². The molecule has 0 saturated heterocycles. The van der Waals surface area contributed by atoms with Crippen molar-refractivity contribution in [1.29, 1.82) is 0 Å². The van der Waals surface area contributed by atoms with E-state index in [4.69, 9.17) is 11.6 Å². The van der Waals surface area contributed by atoms with Gasteiger partial charge in [0.25, 0.3) is 5.91 Å². The van der Waals surface area contributed by atoms with E-state index in [9.17, 15) is 4.79 Å². The van der Waals surface area contributed by atoms with Crippen molar-refractivity contribution in [3.05, 3.63) is 65.3 Å². The Labute approximate surface area is 153 Å². The Morgan fingerprint density at radius 3 is 2.77 bits per heavy atom. The second-order valence-electron chi connectivity index (χ2n) is 5.75. The Morgan fingerprint density at radius 1 is 1.15 bits per heavy atom. The van der Waals surface area contributed by atoms with Crippen LogP contribution in [-0.4, -0.2) is 30.8 Å². The van der Waals surface area contributed by atoms with E-state index in [0.717, 1.165) is 11.1 Å². The minimum atomic E-state index is -0.305. The monoisotopic (exact) mass is 364 g/mol. The summed E-state index contributed by atoms with van der Waals surface area (Å²) in [5.74, 6) is 0.281. The number of rotatable bonds is 3. The number of pyridine rings is 1. The van der Waals surface area contributed by atoms with Gasteiger partial charge in [0, 0.05) is 29.8 Å². The summed E-state index contributed by atoms with van der Waals surface area (Å²) >= 11 is 6.33. The average Bonchev–Trinajstić information content (AvgIpc) is 3.07. The number of hydrogen-bond acceptors (Lipinski definition) is 5. The molecule has 0 saturated carbocycles. The first-order chi connectivity index (χ1) is 12.6. The van der Waals surface area contributed by atoms with Crippen LogP contribution in [0.15, 0.2) is 49.2 Å². The van der Waals surface area contributed by atoms with Crippen LogP contribution in [0.4, 0.5) is 5.69 Å². The molecule has 0 atom stereocenters. The molecule has 0 unspecified atom stereocenters. The number of halogens is 1. The SMILES string of the molecule is Cc1cnc2nc(-c3cc(NC(=O)c4cncnc4)ccc3Cl)[nH]c2c1. The molecule has 0 aliphatic heterocycles. The number of nitrogens with zero attached hydrogens (tertiary/aromatic N) is 4. The maximum atomic E-state index is 12.3. The molecule has 128 valence electrons. The third-order valence-corrected chi connectivity index (χ3v) is 4.11. The Hall–Kier alpha value is -3.32. The van der Waals surface area contributed by atoms with Gasteiger partial charge in [0.1, 0.15) is 12.2 Å². The molecule has 3 aromatic heterocycles. The van der Waals surface area contributed by atoms with Gasteiger partial charge >= 0.3 is 0 Å². The average molecular weight is 365 g/mol. The number of H-pyrrole nitrogens is 1. The number of carbonyl (C=O) groups is 1. The topological polar surface area (TPSA) is 96.5 Å². The first kappa shape index (κ1) is 16.2. The van der Waals surface area contributed by atoms with Crippen molar-refractivity contribution < 1.29 is 4.79 Å². The quantitative estimate of drug-likeness (QED) is 0.578. The molecule has 7 nitrogen and oxygen atoms in total. The second kappa shape index (κ2) is 6.53. The highest BCUT2D eigenvalue weighted by Gasteiger charge is 2.13. The number of carbonyl (C=O) groups excluding carboxylic acids is 1. The Kier molecular flexibility index (Phi) is 4.06. The van der Waals surface area contributed by atoms with Crippen molar-refractivity contribution in [3.63, 3.8) is 0 Å². The normalized spacial score (nSPS) is 10.8. The molecule has 4 aromatic rings. The zero-order chi connectivity index (χ0) is 18.1. The van der Waals surface area contributed by atoms with Gasteiger partial charge in [-0.3, -0.25) is 4.79 Å². The number of fused-ring (bicyclic) bond motifs is 1. The lowest BCUT2D eigenvalue weighted by Crippen LogP contribution is -2.12. The van der Waals surface area contributed by atoms with Gasteiger partial charge in [-0.15, -0.1) is 0 Å². The van der Waals surface area contributed by atoms with Crippen molar-refractivity contribution in [2.45, 2.75) is 6.92 Å². The van der Waals surface area contributed by atoms with E-state index in [0.29, 0.717) is 33.3 Å².